The third-order valence-electron chi connectivity index (χ3n) is 4.85. The van der Waals surface area contributed by atoms with Crippen molar-refractivity contribution in [3.05, 3.63) is 59.3 Å². The summed E-state index contributed by atoms with van der Waals surface area (Å²) in [6.45, 7) is 0. The van der Waals surface area contributed by atoms with Gasteiger partial charge in [0, 0.05) is 16.8 Å². The first-order chi connectivity index (χ1) is 13.2. The Morgan fingerprint density at radius 3 is 2.59 bits per heavy atom. The van der Waals surface area contributed by atoms with Gasteiger partial charge in [0.25, 0.3) is 0 Å². The Balaban J connectivity index is 1.56. The largest absolute Gasteiger partial charge is 0.453 e. The average Bonchev–Trinajstić information content (AvgIpc) is 3.08. The number of aromatic amines is 1. The average molecular weight is 364 g/mol. The number of aromatic nitrogens is 1. The van der Waals surface area contributed by atoms with Gasteiger partial charge in [-0.3, -0.25) is 5.32 Å². The molecule has 138 valence electrons. The summed E-state index contributed by atoms with van der Waals surface area (Å²) in [5.41, 5.74) is 4.48. The predicted molar refractivity (Wildman–Crippen MR) is 102 cm³/mol. The molecule has 1 amide bonds. The standard InChI is InChI=1S/C21H20N2O4/c1-26-21(25)22-13-9-11-14(12-10-13)27-20(24)17-7-4-6-16-15-5-2-3-8-18(15)23-19(16)17/h4,6-7,9-12,23H,2-3,5,8H2,1H3,(H,22,25). The van der Waals surface area contributed by atoms with Crippen LogP contribution in [-0.2, 0) is 17.6 Å². The molecule has 6 nitrogen and oxygen atoms in total. The minimum atomic E-state index is -0.554. The van der Waals surface area contributed by atoms with Crippen LogP contribution >= 0.6 is 0 Å². The highest BCUT2D eigenvalue weighted by Crippen LogP contribution is 2.31. The first kappa shape index (κ1) is 17.1. The molecule has 0 unspecified atom stereocenters. The van der Waals surface area contributed by atoms with E-state index in [2.05, 4.69) is 21.1 Å². The van der Waals surface area contributed by atoms with E-state index in [-0.39, 0.29) is 0 Å². The van der Waals surface area contributed by atoms with Crippen LogP contribution in [0.25, 0.3) is 10.9 Å². The Kier molecular flexibility index (Phi) is 4.54. The Morgan fingerprint density at radius 1 is 1.04 bits per heavy atom. The van der Waals surface area contributed by atoms with Crippen LogP contribution in [0.2, 0.25) is 0 Å². The van der Waals surface area contributed by atoms with Crippen molar-refractivity contribution < 1.29 is 19.1 Å². The summed E-state index contributed by atoms with van der Waals surface area (Å²) in [5, 5.41) is 3.66. The van der Waals surface area contributed by atoms with Crippen molar-refractivity contribution in [2.75, 3.05) is 12.4 Å². The quantitative estimate of drug-likeness (QED) is 0.532. The zero-order chi connectivity index (χ0) is 18.8. The molecule has 0 atom stereocenters. The number of carbonyl (C=O) groups excluding carboxylic acids is 2. The highest BCUT2D eigenvalue weighted by atomic mass is 16.5. The van der Waals surface area contributed by atoms with Gasteiger partial charge in [-0.15, -0.1) is 0 Å². The van der Waals surface area contributed by atoms with Crippen LogP contribution in [0.15, 0.2) is 42.5 Å². The third kappa shape index (κ3) is 3.38. The fraction of sp³-hybridized carbons (Fsp3) is 0.238. The lowest BCUT2D eigenvalue weighted by Gasteiger charge is -2.10. The molecule has 0 fully saturated rings. The Labute approximate surface area is 156 Å². The number of hydrogen-bond acceptors (Lipinski definition) is 4. The monoisotopic (exact) mass is 364 g/mol. The van der Waals surface area contributed by atoms with E-state index >= 15 is 0 Å². The number of anilines is 1. The van der Waals surface area contributed by atoms with Crippen molar-refractivity contribution in [3.63, 3.8) is 0 Å². The van der Waals surface area contributed by atoms with Gasteiger partial charge in [0.2, 0.25) is 0 Å². The SMILES string of the molecule is COC(=O)Nc1ccc(OC(=O)c2cccc3c4c([nH]c23)CCCC4)cc1. The van der Waals surface area contributed by atoms with Gasteiger partial charge in [-0.1, -0.05) is 12.1 Å². The number of rotatable bonds is 3. The van der Waals surface area contributed by atoms with Crippen molar-refractivity contribution in [2.24, 2.45) is 0 Å². The molecule has 0 radical (unpaired) electrons. The fourth-order valence-electron chi connectivity index (χ4n) is 3.54. The van der Waals surface area contributed by atoms with Crippen LogP contribution < -0.4 is 10.1 Å². The van der Waals surface area contributed by atoms with E-state index in [1.165, 1.54) is 31.2 Å². The molecule has 1 aliphatic rings. The maximum absolute atomic E-state index is 12.7. The molecule has 0 saturated heterocycles. The molecule has 6 heteroatoms. The maximum Gasteiger partial charge on any atom is 0.411 e. The normalized spacial score (nSPS) is 13.1. The number of ether oxygens (including phenoxy) is 2. The second-order valence-corrected chi connectivity index (χ2v) is 6.55. The van der Waals surface area contributed by atoms with Gasteiger partial charge < -0.3 is 14.5 Å². The lowest BCUT2D eigenvalue weighted by molar-refractivity contribution is 0.0736. The fourth-order valence-corrected chi connectivity index (χ4v) is 3.54. The summed E-state index contributed by atoms with van der Waals surface area (Å²) >= 11 is 0. The predicted octanol–water partition coefficient (Wildman–Crippen LogP) is 4.44. The maximum atomic E-state index is 12.7. The number of methoxy groups -OCH3 is 1. The number of fused-ring (bicyclic) bond motifs is 3. The van der Waals surface area contributed by atoms with Gasteiger partial charge in [-0.05, 0) is 61.6 Å². The van der Waals surface area contributed by atoms with Crippen molar-refractivity contribution in [3.8, 4) is 5.75 Å². The Bertz CT molecular complexity index is 1000. The van der Waals surface area contributed by atoms with Gasteiger partial charge in [-0.25, -0.2) is 9.59 Å². The summed E-state index contributed by atoms with van der Waals surface area (Å²) in [6, 6.07) is 12.3. The van der Waals surface area contributed by atoms with Crippen LogP contribution in [0.5, 0.6) is 5.75 Å². The van der Waals surface area contributed by atoms with E-state index in [1.807, 2.05) is 6.07 Å². The van der Waals surface area contributed by atoms with Crippen molar-refractivity contribution >= 4 is 28.7 Å². The lowest BCUT2D eigenvalue weighted by atomic mass is 9.95. The molecular weight excluding hydrogens is 344 g/mol. The summed E-state index contributed by atoms with van der Waals surface area (Å²) in [4.78, 5) is 27.4. The van der Waals surface area contributed by atoms with Crippen LogP contribution in [0.4, 0.5) is 10.5 Å². The molecule has 1 aliphatic carbocycles. The molecule has 4 rings (SSSR count). The van der Waals surface area contributed by atoms with E-state index in [4.69, 9.17) is 4.74 Å². The summed E-state index contributed by atoms with van der Waals surface area (Å²) in [7, 11) is 1.30. The number of benzene rings is 2. The van der Waals surface area contributed by atoms with Crippen LogP contribution in [0.3, 0.4) is 0 Å². The van der Waals surface area contributed by atoms with E-state index in [1.54, 1.807) is 30.3 Å². The van der Waals surface area contributed by atoms with Gasteiger partial charge in [0.15, 0.2) is 0 Å². The number of nitrogens with one attached hydrogen (secondary N) is 2. The minimum absolute atomic E-state index is 0.406. The van der Waals surface area contributed by atoms with Crippen LogP contribution in [0, 0.1) is 0 Å². The van der Waals surface area contributed by atoms with Crippen molar-refractivity contribution in [2.45, 2.75) is 25.7 Å². The lowest BCUT2D eigenvalue weighted by Crippen LogP contribution is -2.11. The molecular formula is C21H20N2O4. The molecule has 27 heavy (non-hydrogen) atoms. The second kappa shape index (κ2) is 7.15. The van der Waals surface area contributed by atoms with Crippen LogP contribution in [0.1, 0.15) is 34.5 Å². The molecule has 0 aliphatic heterocycles. The first-order valence-corrected chi connectivity index (χ1v) is 8.95. The van der Waals surface area contributed by atoms with Crippen LogP contribution in [-0.4, -0.2) is 24.2 Å². The first-order valence-electron chi connectivity index (χ1n) is 8.95. The topological polar surface area (TPSA) is 80.4 Å². The number of H-pyrrole nitrogens is 1. The second-order valence-electron chi connectivity index (χ2n) is 6.55. The molecule has 1 aromatic heterocycles. The Morgan fingerprint density at radius 2 is 1.81 bits per heavy atom. The minimum Gasteiger partial charge on any atom is -0.453 e. The number of amides is 1. The van der Waals surface area contributed by atoms with Gasteiger partial charge in [0.05, 0.1) is 18.2 Å². The zero-order valence-electron chi connectivity index (χ0n) is 15.0. The van der Waals surface area contributed by atoms with Gasteiger partial charge >= 0.3 is 12.1 Å². The number of aryl methyl sites for hydroxylation is 2. The van der Waals surface area contributed by atoms with E-state index in [0.29, 0.717) is 17.0 Å². The summed E-state index contributed by atoms with van der Waals surface area (Å²) < 4.78 is 10.1. The van der Waals surface area contributed by atoms with E-state index in [0.717, 1.165) is 23.7 Å². The molecule has 2 aromatic carbocycles. The third-order valence-corrected chi connectivity index (χ3v) is 4.85. The molecule has 0 bridgehead atoms. The highest BCUT2D eigenvalue weighted by Gasteiger charge is 2.20. The number of esters is 1. The number of para-hydroxylation sites is 1. The zero-order valence-corrected chi connectivity index (χ0v) is 15.0. The van der Waals surface area contributed by atoms with Crippen molar-refractivity contribution in [1.29, 1.82) is 0 Å². The van der Waals surface area contributed by atoms with E-state index in [9.17, 15) is 9.59 Å². The number of hydrogen-bond donors (Lipinski definition) is 2. The molecule has 2 N–H and O–H groups in total. The van der Waals surface area contributed by atoms with Crippen molar-refractivity contribution in [1.82, 2.24) is 4.98 Å². The highest BCUT2D eigenvalue weighted by molar-refractivity contribution is 6.05. The molecule has 0 saturated carbocycles. The van der Waals surface area contributed by atoms with E-state index < -0.39 is 12.1 Å². The summed E-state index contributed by atoms with van der Waals surface area (Å²) in [5.74, 6) is -0.00314. The Hall–Kier alpha value is -3.28. The smallest absolute Gasteiger partial charge is 0.411 e. The molecule has 1 heterocycles. The number of carbonyl (C=O) groups is 2. The molecule has 0 spiro atoms. The summed E-state index contributed by atoms with van der Waals surface area (Å²) in [6.07, 6.45) is 3.86. The van der Waals surface area contributed by atoms with Gasteiger partial charge in [0.1, 0.15) is 5.75 Å². The molecule has 3 aromatic rings. The van der Waals surface area contributed by atoms with Gasteiger partial charge in [-0.2, -0.15) is 0 Å².